The fourth-order valence-corrected chi connectivity index (χ4v) is 4.48. The number of hydrogen-bond acceptors (Lipinski definition) is 4. The summed E-state index contributed by atoms with van der Waals surface area (Å²) in [4.78, 5) is 12.8. The lowest BCUT2D eigenvalue weighted by Gasteiger charge is -2.25. The third-order valence-electron chi connectivity index (χ3n) is 4.59. The molecule has 7 heteroatoms. The Balaban J connectivity index is 2.22. The normalized spacial score (nSPS) is 14.4. The molecule has 0 aliphatic carbocycles. The maximum Gasteiger partial charge on any atom is 0.241 e. The quantitative estimate of drug-likeness (QED) is 0.597. The van der Waals surface area contributed by atoms with E-state index in [2.05, 4.69) is 10.0 Å². The van der Waals surface area contributed by atoms with Crippen molar-refractivity contribution in [3.8, 4) is 0 Å². The van der Waals surface area contributed by atoms with Gasteiger partial charge in [-0.05, 0) is 41.2 Å². The van der Waals surface area contributed by atoms with Crippen LogP contribution in [0.15, 0.2) is 47.4 Å². The SMILES string of the molecule is CC(C)C[C@@H](CO)NC(=O)[C@@H](NS(=O)(=O)c1ccc2ccccc2c1)C(C)C. The molecule has 2 aromatic rings. The van der Waals surface area contributed by atoms with Gasteiger partial charge >= 0.3 is 0 Å². The van der Waals surface area contributed by atoms with Crippen molar-refractivity contribution in [2.75, 3.05) is 6.61 Å². The average Bonchev–Trinajstić information content (AvgIpc) is 2.64. The second-order valence-electron chi connectivity index (χ2n) is 7.87. The van der Waals surface area contributed by atoms with Crippen molar-refractivity contribution in [3.05, 3.63) is 42.5 Å². The molecule has 0 fully saturated rings. The van der Waals surface area contributed by atoms with Crippen LogP contribution in [-0.2, 0) is 14.8 Å². The summed E-state index contributed by atoms with van der Waals surface area (Å²) in [7, 11) is -3.88. The third kappa shape index (κ3) is 5.77. The van der Waals surface area contributed by atoms with Gasteiger partial charge in [-0.1, -0.05) is 58.0 Å². The van der Waals surface area contributed by atoms with E-state index in [-0.39, 0.29) is 17.4 Å². The lowest BCUT2D eigenvalue weighted by atomic mass is 10.0. The summed E-state index contributed by atoms with van der Waals surface area (Å²) < 4.78 is 28.3. The summed E-state index contributed by atoms with van der Waals surface area (Å²) in [6.45, 7) is 7.37. The Bertz CT molecular complexity index is 910. The van der Waals surface area contributed by atoms with Crippen molar-refractivity contribution in [1.82, 2.24) is 10.0 Å². The number of hydrogen-bond donors (Lipinski definition) is 3. The van der Waals surface area contributed by atoms with Gasteiger partial charge in [0, 0.05) is 0 Å². The van der Waals surface area contributed by atoms with Gasteiger partial charge in [-0.25, -0.2) is 8.42 Å². The van der Waals surface area contributed by atoms with Gasteiger partial charge in [-0.15, -0.1) is 0 Å². The number of aliphatic hydroxyl groups is 1. The molecule has 0 saturated carbocycles. The van der Waals surface area contributed by atoms with Crippen LogP contribution < -0.4 is 10.0 Å². The molecule has 28 heavy (non-hydrogen) atoms. The van der Waals surface area contributed by atoms with E-state index in [0.717, 1.165) is 10.8 Å². The van der Waals surface area contributed by atoms with Crippen LogP contribution in [0, 0.1) is 11.8 Å². The molecule has 0 radical (unpaired) electrons. The van der Waals surface area contributed by atoms with Gasteiger partial charge in [0.15, 0.2) is 0 Å². The number of benzene rings is 2. The number of fused-ring (bicyclic) bond motifs is 1. The number of sulfonamides is 1. The zero-order chi connectivity index (χ0) is 20.9. The standard InChI is InChI=1S/C21H30N2O4S/c1-14(2)11-18(13-24)22-21(25)20(15(3)4)23-28(26,27)19-10-9-16-7-5-6-8-17(16)12-19/h5-10,12,14-15,18,20,23-24H,11,13H2,1-4H3,(H,22,25)/t18-,20-/m0/s1. The van der Waals surface area contributed by atoms with E-state index in [9.17, 15) is 18.3 Å². The molecular formula is C21H30N2O4S. The highest BCUT2D eigenvalue weighted by Gasteiger charge is 2.29. The fourth-order valence-electron chi connectivity index (χ4n) is 3.10. The lowest BCUT2D eigenvalue weighted by Crippen LogP contribution is -2.52. The van der Waals surface area contributed by atoms with E-state index in [1.165, 1.54) is 6.07 Å². The van der Waals surface area contributed by atoms with Crippen LogP contribution in [0.4, 0.5) is 0 Å². The number of carbonyl (C=O) groups excluding carboxylic acids is 1. The topological polar surface area (TPSA) is 95.5 Å². The molecule has 0 aromatic heterocycles. The van der Waals surface area contributed by atoms with E-state index in [1.807, 2.05) is 38.1 Å². The van der Waals surface area contributed by atoms with E-state index in [4.69, 9.17) is 0 Å². The second-order valence-corrected chi connectivity index (χ2v) is 9.58. The Labute approximate surface area is 167 Å². The van der Waals surface area contributed by atoms with Gasteiger partial charge in [0.25, 0.3) is 0 Å². The average molecular weight is 407 g/mol. The lowest BCUT2D eigenvalue weighted by molar-refractivity contribution is -0.124. The van der Waals surface area contributed by atoms with Gasteiger partial charge in [0.1, 0.15) is 6.04 Å². The van der Waals surface area contributed by atoms with E-state index >= 15 is 0 Å². The van der Waals surface area contributed by atoms with Crippen LogP contribution in [0.3, 0.4) is 0 Å². The van der Waals surface area contributed by atoms with E-state index < -0.39 is 28.0 Å². The molecule has 3 N–H and O–H groups in total. The molecule has 1 amide bonds. The summed E-state index contributed by atoms with van der Waals surface area (Å²) in [5.41, 5.74) is 0. The highest BCUT2D eigenvalue weighted by Crippen LogP contribution is 2.20. The van der Waals surface area contributed by atoms with Crippen LogP contribution in [-0.4, -0.2) is 38.1 Å². The van der Waals surface area contributed by atoms with Gasteiger partial charge in [-0.2, -0.15) is 4.72 Å². The molecule has 154 valence electrons. The molecule has 0 bridgehead atoms. The molecular weight excluding hydrogens is 376 g/mol. The number of rotatable bonds is 9. The number of nitrogens with one attached hydrogen (secondary N) is 2. The first-order valence-electron chi connectivity index (χ1n) is 9.56. The van der Waals surface area contributed by atoms with Crippen molar-refractivity contribution in [3.63, 3.8) is 0 Å². The van der Waals surface area contributed by atoms with Crippen LogP contribution in [0.5, 0.6) is 0 Å². The summed E-state index contributed by atoms with van der Waals surface area (Å²) in [5, 5.41) is 14.0. The first-order valence-corrected chi connectivity index (χ1v) is 11.0. The highest BCUT2D eigenvalue weighted by atomic mass is 32.2. The molecule has 0 aliphatic rings. The minimum atomic E-state index is -3.88. The minimum Gasteiger partial charge on any atom is -0.394 e. The van der Waals surface area contributed by atoms with Gasteiger partial charge in [0.2, 0.25) is 15.9 Å². The van der Waals surface area contributed by atoms with Crippen LogP contribution in [0.25, 0.3) is 10.8 Å². The van der Waals surface area contributed by atoms with Crippen LogP contribution >= 0.6 is 0 Å². The number of aliphatic hydroxyl groups excluding tert-OH is 1. The zero-order valence-corrected chi connectivity index (χ0v) is 17.7. The molecule has 6 nitrogen and oxygen atoms in total. The summed E-state index contributed by atoms with van der Waals surface area (Å²) in [5.74, 6) is -0.392. The summed E-state index contributed by atoms with van der Waals surface area (Å²) >= 11 is 0. The third-order valence-corrected chi connectivity index (χ3v) is 6.02. The molecule has 0 saturated heterocycles. The smallest absolute Gasteiger partial charge is 0.241 e. The first-order chi connectivity index (χ1) is 13.1. The Kier molecular flexibility index (Phi) is 7.57. The molecule has 2 atom stereocenters. The molecule has 0 unspecified atom stereocenters. The molecule has 2 aromatic carbocycles. The van der Waals surface area contributed by atoms with Crippen molar-refractivity contribution in [2.45, 2.75) is 51.1 Å². The fraction of sp³-hybridized carbons (Fsp3) is 0.476. The van der Waals surface area contributed by atoms with Crippen LogP contribution in [0.2, 0.25) is 0 Å². The first kappa shape index (κ1) is 22.3. The van der Waals surface area contributed by atoms with E-state index in [1.54, 1.807) is 26.0 Å². The Morgan fingerprint density at radius 3 is 2.25 bits per heavy atom. The van der Waals surface area contributed by atoms with E-state index in [0.29, 0.717) is 12.3 Å². The van der Waals surface area contributed by atoms with Gasteiger partial charge in [0.05, 0.1) is 17.5 Å². The number of carbonyl (C=O) groups is 1. The highest BCUT2D eigenvalue weighted by molar-refractivity contribution is 7.89. The predicted molar refractivity (Wildman–Crippen MR) is 111 cm³/mol. The largest absolute Gasteiger partial charge is 0.394 e. The number of amides is 1. The predicted octanol–water partition coefficient (Wildman–Crippen LogP) is 2.67. The Morgan fingerprint density at radius 2 is 1.68 bits per heavy atom. The summed E-state index contributed by atoms with van der Waals surface area (Å²) in [6.07, 6.45) is 0.616. The molecule has 0 aliphatic heterocycles. The molecule has 2 rings (SSSR count). The van der Waals surface area contributed by atoms with Crippen LogP contribution in [0.1, 0.15) is 34.1 Å². The maximum absolute atomic E-state index is 12.9. The monoisotopic (exact) mass is 406 g/mol. The molecule has 0 spiro atoms. The maximum atomic E-state index is 12.9. The van der Waals surface area contributed by atoms with Gasteiger partial charge in [-0.3, -0.25) is 4.79 Å². The molecule has 0 heterocycles. The zero-order valence-electron chi connectivity index (χ0n) is 16.8. The van der Waals surface area contributed by atoms with Crippen molar-refractivity contribution in [1.29, 1.82) is 0 Å². The van der Waals surface area contributed by atoms with Crippen molar-refractivity contribution >= 4 is 26.7 Å². The Morgan fingerprint density at radius 1 is 1.04 bits per heavy atom. The Hall–Kier alpha value is -1.96. The van der Waals surface area contributed by atoms with Crippen molar-refractivity contribution < 1.29 is 18.3 Å². The second kappa shape index (κ2) is 9.49. The minimum absolute atomic E-state index is 0.116. The summed E-state index contributed by atoms with van der Waals surface area (Å²) in [6, 6.07) is 11.0. The van der Waals surface area contributed by atoms with Crippen molar-refractivity contribution in [2.24, 2.45) is 11.8 Å². The van der Waals surface area contributed by atoms with Gasteiger partial charge < -0.3 is 10.4 Å².